The molecule has 4 rings (SSSR count). The Morgan fingerprint density at radius 3 is 2.47 bits per heavy atom. The van der Waals surface area contributed by atoms with Crippen molar-refractivity contribution in [1.82, 2.24) is 15.2 Å². The number of anilines is 1. The van der Waals surface area contributed by atoms with E-state index in [1.807, 2.05) is 0 Å². The van der Waals surface area contributed by atoms with Gasteiger partial charge in [-0.05, 0) is 63.8 Å². The van der Waals surface area contributed by atoms with E-state index in [1.54, 1.807) is 21.0 Å². The fraction of sp³-hybridized carbons (Fsp3) is 0.542. The molecule has 1 atom stereocenters. The normalized spacial score (nSPS) is 19.9. The third-order valence-electron chi connectivity index (χ3n) is 6.55. The van der Waals surface area contributed by atoms with Crippen LogP contribution in [0.1, 0.15) is 60.5 Å². The van der Waals surface area contributed by atoms with Crippen LogP contribution in [0.4, 0.5) is 22.7 Å². The van der Waals surface area contributed by atoms with E-state index in [0.717, 1.165) is 56.5 Å². The highest BCUT2D eigenvalue weighted by atomic mass is 32.1. The van der Waals surface area contributed by atoms with E-state index in [0.29, 0.717) is 17.9 Å². The van der Waals surface area contributed by atoms with Gasteiger partial charge in [0.05, 0.1) is 17.8 Å². The summed E-state index contributed by atoms with van der Waals surface area (Å²) in [4.78, 5) is 31.1. The van der Waals surface area contributed by atoms with Gasteiger partial charge in [-0.25, -0.2) is 9.37 Å². The van der Waals surface area contributed by atoms with Crippen LogP contribution in [-0.4, -0.2) is 59.1 Å². The van der Waals surface area contributed by atoms with E-state index in [1.165, 1.54) is 0 Å². The summed E-state index contributed by atoms with van der Waals surface area (Å²) in [6, 6.07) is 4.42. The Labute approximate surface area is 210 Å². The Kier molecular flexibility index (Phi) is 7.26. The fourth-order valence-corrected chi connectivity index (χ4v) is 5.65. The summed E-state index contributed by atoms with van der Waals surface area (Å²) >= 11 is 0.443. The number of hydrogen-bond donors (Lipinski definition) is 2. The number of methoxy groups -OCH3 is 1. The molecule has 2 fully saturated rings. The van der Waals surface area contributed by atoms with Crippen LogP contribution in [0.3, 0.4) is 0 Å². The smallest absolute Gasteiger partial charge is 0.383 e. The van der Waals surface area contributed by atoms with Gasteiger partial charge >= 0.3 is 6.18 Å². The number of ketones is 1. The van der Waals surface area contributed by atoms with Crippen molar-refractivity contribution in [1.29, 1.82) is 0 Å². The topological polar surface area (TPSA) is 83.6 Å². The van der Waals surface area contributed by atoms with Crippen LogP contribution in [0.15, 0.2) is 24.3 Å². The molecule has 0 spiro atoms. The monoisotopic (exact) mass is 528 g/mol. The van der Waals surface area contributed by atoms with E-state index in [4.69, 9.17) is 4.74 Å². The lowest BCUT2D eigenvalue weighted by Gasteiger charge is -2.39. The average Bonchev–Trinajstić information content (AvgIpc) is 3.20. The first-order valence-electron chi connectivity index (χ1n) is 11.6. The largest absolute Gasteiger partial charge is 0.435 e. The van der Waals surface area contributed by atoms with E-state index < -0.39 is 39.8 Å². The van der Waals surface area contributed by atoms with Crippen molar-refractivity contribution < 1.29 is 31.9 Å². The number of rotatable bonds is 9. The molecule has 1 amide bonds. The highest BCUT2D eigenvalue weighted by Gasteiger charge is 2.54. The van der Waals surface area contributed by atoms with Gasteiger partial charge in [0.15, 0.2) is 10.8 Å². The summed E-state index contributed by atoms with van der Waals surface area (Å²) in [6.07, 6.45) is -1.21. The van der Waals surface area contributed by atoms with Crippen LogP contribution >= 0.6 is 11.3 Å². The predicted molar refractivity (Wildman–Crippen MR) is 126 cm³/mol. The molecule has 1 aromatic heterocycles. The van der Waals surface area contributed by atoms with Crippen molar-refractivity contribution in [3.63, 3.8) is 0 Å². The number of ether oxygens (including phenoxy) is 1. The molecule has 1 saturated carbocycles. The lowest BCUT2D eigenvalue weighted by molar-refractivity contribution is -0.141. The first-order valence-corrected chi connectivity index (χ1v) is 12.4. The van der Waals surface area contributed by atoms with Gasteiger partial charge in [0.2, 0.25) is 11.7 Å². The fourth-order valence-electron chi connectivity index (χ4n) is 4.71. The Hall–Kier alpha value is -2.41. The van der Waals surface area contributed by atoms with Crippen LogP contribution in [0.2, 0.25) is 0 Å². The second-order valence-corrected chi connectivity index (χ2v) is 10.7. The molecule has 0 radical (unpaired) electrons. The molecule has 1 saturated heterocycles. The van der Waals surface area contributed by atoms with E-state index >= 15 is 0 Å². The molecule has 2 aromatic rings. The van der Waals surface area contributed by atoms with Gasteiger partial charge in [-0.2, -0.15) is 13.2 Å². The maximum Gasteiger partial charge on any atom is 0.435 e. The third kappa shape index (κ3) is 5.46. The summed E-state index contributed by atoms with van der Waals surface area (Å²) in [5, 5.41) is 5.53. The van der Waals surface area contributed by atoms with Crippen molar-refractivity contribution in [3.05, 3.63) is 46.2 Å². The number of nitrogens with one attached hydrogen (secondary N) is 2. The maximum absolute atomic E-state index is 13.7. The summed E-state index contributed by atoms with van der Waals surface area (Å²) < 4.78 is 59.5. The molecule has 12 heteroatoms. The number of benzene rings is 1. The quantitative estimate of drug-likeness (QED) is 0.370. The minimum Gasteiger partial charge on any atom is -0.383 e. The highest BCUT2D eigenvalue weighted by molar-refractivity contribution is 7.18. The van der Waals surface area contributed by atoms with Crippen LogP contribution < -0.4 is 10.6 Å². The Morgan fingerprint density at radius 2 is 1.89 bits per heavy atom. The number of carbonyl (C=O) groups excluding carboxylic acids is 2. The van der Waals surface area contributed by atoms with E-state index in [-0.39, 0.29) is 22.4 Å². The Bertz CT molecular complexity index is 1130. The maximum atomic E-state index is 13.7. The van der Waals surface area contributed by atoms with E-state index in [9.17, 15) is 27.2 Å². The molecule has 1 aromatic carbocycles. The minimum atomic E-state index is -4.91. The number of likely N-dealkylation sites (tertiary alicyclic amines) is 1. The lowest BCUT2D eigenvalue weighted by Crippen LogP contribution is -2.62. The lowest BCUT2D eigenvalue weighted by atomic mass is 10.0. The summed E-state index contributed by atoms with van der Waals surface area (Å²) in [5.74, 6) is -2.14. The van der Waals surface area contributed by atoms with E-state index in [2.05, 4.69) is 20.5 Å². The van der Waals surface area contributed by atoms with Gasteiger partial charge in [0, 0.05) is 25.3 Å². The molecular formula is C24H28F4N4O3S. The molecule has 2 N–H and O–H groups in total. The number of halogens is 4. The van der Waals surface area contributed by atoms with Crippen LogP contribution in [0.25, 0.3) is 0 Å². The predicted octanol–water partition coefficient (Wildman–Crippen LogP) is 4.44. The third-order valence-corrected chi connectivity index (χ3v) is 7.52. The van der Waals surface area contributed by atoms with Crippen LogP contribution in [0, 0.1) is 5.82 Å². The number of aromatic nitrogens is 1. The van der Waals surface area contributed by atoms with Gasteiger partial charge in [-0.15, -0.1) is 0 Å². The second kappa shape index (κ2) is 9.81. The molecule has 7 nitrogen and oxygen atoms in total. The Balaban J connectivity index is 1.52. The SMILES string of the molecule is COC[C@@H]1CCCN1C1(NC(C)(C)C(=O)Nc2nc(C(F)(F)F)c(C(=O)c3ccc(F)cc3)s2)CC1. The first kappa shape index (κ1) is 26.6. The van der Waals surface area contributed by atoms with Crippen molar-refractivity contribution in [2.45, 2.75) is 63.0 Å². The molecule has 2 heterocycles. The molecule has 196 valence electrons. The molecule has 1 aliphatic heterocycles. The van der Waals surface area contributed by atoms with Gasteiger partial charge in [-0.3, -0.25) is 19.8 Å². The van der Waals surface area contributed by atoms with Crippen LogP contribution in [0.5, 0.6) is 0 Å². The zero-order valence-electron chi connectivity index (χ0n) is 20.2. The van der Waals surface area contributed by atoms with Gasteiger partial charge in [0.1, 0.15) is 10.7 Å². The molecule has 1 aliphatic carbocycles. The van der Waals surface area contributed by atoms with Crippen molar-refractivity contribution in [2.24, 2.45) is 0 Å². The minimum absolute atomic E-state index is 0.114. The highest BCUT2D eigenvalue weighted by Crippen LogP contribution is 2.45. The number of alkyl halides is 3. The number of carbonyl (C=O) groups is 2. The number of hydrogen-bond acceptors (Lipinski definition) is 7. The Morgan fingerprint density at radius 1 is 1.22 bits per heavy atom. The number of nitrogens with zero attached hydrogens (tertiary/aromatic N) is 2. The van der Waals surface area contributed by atoms with Gasteiger partial charge in [0.25, 0.3) is 0 Å². The van der Waals surface area contributed by atoms with Crippen molar-refractivity contribution >= 4 is 28.2 Å². The molecule has 36 heavy (non-hydrogen) atoms. The van der Waals surface area contributed by atoms with Gasteiger partial charge in [-0.1, -0.05) is 11.3 Å². The molecule has 0 unspecified atom stereocenters. The van der Waals surface area contributed by atoms with Crippen molar-refractivity contribution in [3.8, 4) is 0 Å². The average molecular weight is 529 g/mol. The first-order chi connectivity index (χ1) is 16.9. The summed E-state index contributed by atoms with van der Waals surface area (Å²) in [5.41, 5.74) is -3.01. The van der Waals surface area contributed by atoms with Crippen molar-refractivity contribution in [2.75, 3.05) is 25.6 Å². The number of amides is 1. The zero-order chi connectivity index (χ0) is 26.3. The standard InChI is InChI=1S/C24H28F4N4O3S/c1-22(2,31-23(10-11-23)32-12-4-5-16(32)13-35-3)20(34)30-21-29-19(24(26,27)28)18(36-21)17(33)14-6-8-15(25)9-7-14/h6-9,16,31H,4-5,10-13H2,1-3H3,(H,29,30,34)/t16-/m0/s1. The van der Waals surface area contributed by atoms with Gasteiger partial charge < -0.3 is 10.1 Å². The summed E-state index contributed by atoms with van der Waals surface area (Å²) in [6.45, 7) is 4.77. The molecule has 0 bridgehead atoms. The molecular weight excluding hydrogens is 500 g/mol. The number of thiazole rings is 1. The van der Waals surface area contributed by atoms with Crippen LogP contribution in [-0.2, 0) is 15.7 Å². The summed E-state index contributed by atoms with van der Waals surface area (Å²) in [7, 11) is 1.65. The molecule has 2 aliphatic rings. The zero-order valence-corrected chi connectivity index (χ0v) is 21.0. The second-order valence-electron chi connectivity index (χ2n) is 9.71.